The summed E-state index contributed by atoms with van der Waals surface area (Å²) < 4.78 is 8.13. The van der Waals surface area contributed by atoms with Gasteiger partial charge in [-0.05, 0) is 86.2 Å². The van der Waals surface area contributed by atoms with E-state index in [1.807, 2.05) is 60.9 Å². The molecule has 0 saturated carbocycles. The summed E-state index contributed by atoms with van der Waals surface area (Å²) in [6.45, 7) is 3.93. The fraction of sp³-hybridized carbons (Fsp3) is 0.185. The van der Waals surface area contributed by atoms with Crippen molar-refractivity contribution in [2.24, 2.45) is 0 Å². The predicted molar refractivity (Wildman–Crippen MR) is 151 cm³/mol. The number of methoxy groups -OCH3 is 1. The second kappa shape index (κ2) is 9.95. The number of hydrogen-bond donors (Lipinski definition) is 1. The van der Waals surface area contributed by atoms with Crippen molar-refractivity contribution >= 4 is 44.6 Å². The van der Waals surface area contributed by atoms with Crippen LogP contribution in [0.1, 0.15) is 34.7 Å². The monoisotopic (exact) mass is 577 g/mol. The number of aromatic nitrogens is 2. The van der Waals surface area contributed by atoms with Gasteiger partial charge in [0, 0.05) is 27.7 Å². The minimum absolute atomic E-state index is 0.0289. The fourth-order valence-corrected chi connectivity index (χ4v) is 5.58. The molecule has 0 amide bonds. The summed E-state index contributed by atoms with van der Waals surface area (Å²) in [4.78, 5) is 18.3. The summed E-state index contributed by atoms with van der Waals surface area (Å²) in [7, 11) is 1.49. The molecule has 2 atom stereocenters. The van der Waals surface area contributed by atoms with E-state index in [4.69, 9.17) is 17.0 Å². The molecule has 37 heavy (non-hydrogen) atoms. The molecule has 188 valence electrons. The van der Waals surface area contributed by atoms with E-state index < -0.39 is 0 Å². The van der Waals surface area contributed by atoms with E-state index in [0.29, 0.717) is 16.5 Å². The summed E-state index contributed by atoms with van der Waals surface area (Å²) in [5.74, 6) is 0.431. The number of benzene rings is 2. The van der Waals surface area contributed by atoms with Crippen LogP contribution < -0.4 is 15.0 Å². The molecule has 1 N–H and O–H groups in total. The van der Waals surface area contributed by atoms with Crippen LogP contribution >= 0.6 is 28.1 Å². The number of pyridine rings is 1. The number of halogens is 1. The smallest absolute Gasteiger partial charge is 0.296 e. The molecular formula is C27H24BrN5O3S. The maximum atomic E-state index is 12.0. The van der Waals surface area contributed by atoms with Gasteiger partial charge in [-0.1, -0.05) is 22.0 Å². The molecule has 0 radical (unpaired) electrons. The number of aryl methyl sites for hydroxylation is 1. The van der Waals surface area contributed by atoms with Gasteiger partial charge in [-0.2, -0.15) is 0 Å². The van der Waals surface area contributed by atoms with Crippen molar-refractivity contribution in [3.63, 3.8) is 0 Å². The van der Waals surface area contributed by atoms with Crippen molar-refractivity contribution in [1.82, 2.24) is 14.9 Å². The second-order valence-electron chi connectivity index (χ2n) is 8.75. The average molecular weight is 578 g/mol. The molecule has 10 heteroatoms. The molecular weight excluding hydrogens is 554 g/mol. The van der Waals surface area contributed by atoms with Gasteiger partial charge >= 0.3 is 0 Å². The Labute approximate surface area is 228 Å². The van der Waals surface area contributed by atoms with Crippen molar-refractivity contribution in [2.75, 3.05) is 12.0 Å². The number of nitrogens with zero attached hydrogens (tertiary/aromatic N) is 4. The standard InChI is InChI=1S/C27H24BrN5O3S/c1-16-14-21(17(2)31(16)23-12-11-20(36-3)15-24(23)33(34)35)26-25(22-6-4-5-13-29-22)30-27(37)32(26)19-9-7-18(28)8-10-19/h4-15,25-26H,1-3H3,(H,30,37)/t25-,26+/m0/s1. The zero-order valence-corrected chi connectivity index (χ0v) is 22.8. The summed E-state index contributed by atoms with van der Waals surface area (Å²) in [6, 6.07) is 20.3. The molecule has 2 aromatic carbocycles. The molecule has 0 spiro atoms. The average Bonchev–Trinajstić information content (AvgIpc) is 3.39. The fourth-order valence-electron chi connectivity index (χ4n) is 4.97. The van der Waals surface area contributed by atoms with E-state index in [9.17, 15) is 10.1 Å². The normalized spacial score (nSPS) is 17.1. The van der Waals surface area contributed by atoms with Crippen LogP contribution in [0.4, 0.5) is 11.4 Å². The summed E-state index contributed by atoms with van der Waals surface area (Å²) in [5, 5.41) is 16.0. The highest BCUT2D eigenvalue weighted by Gasteiger charge is 2.42. The number of thiocarbonyl (C=S) groups is 1. The van der Waals surface area contributed by atoms with E-state index >= 15 is 0 Å². The number of nitrogens with one attached hydrogen (secondary N) is 1. The van der Waals surface area contributed by atoms with Crippen LogP contribution in [-0.2, 0) is 0 Å². The summed E-state index contributed by atoms with van der Waals surface area (Å²) >= 11 is 9.35. The molecule has 1 aliphatic rings. The molecule has 0 unspecified atom stereocenters. The van der Waals surface area contributed by atoms with Crippen molar-refractivity contribution in [3.8, 4) is 11.4 Å². The number of rotatable bonds is 6. The molecule has 0 bridgehead atoms. The zero-order valence-electron chi connectivity index (χ0n) is 20.4. The Morgan fingerprint density at radius 1 is 1.11 bits per heavy atom. The molecule has 3 heterocycles. The number of nitro benzene ring substituents is 1. The third-order valence-corrected chi connectivity index (χ3v) is 7.46. The van der Waals surface area contributed by atoms with Crippen LogP contribution in [0.5, 0.6) is 5.75 Å². The Balaban J connectivity index is 1.70. The van der Waals surface area contributed by atoms with Crippen LogP contribution in [0.15, 0.2) is 77.4 Å². The first-order chi connectivity index (χ1) is 17.8. The van der Waals surface area contributed by atoms with Crippen LogP contribution in [0.3, 0.4) is 0 Å². The molecule has 2 aromatic heterocycles. The first-order valence-electron chi connectivity index (χ1n) is 11.6. The quantitative estimate of drug-likeness (QED) is 0.162. The maximum absolute atomic E-state index is 12.0. The number of ether oxygens (including phenoxy) is 1. The van der Waals surface area contributed by atoms with Gasteiger partial charge in [0.15, 0.2) is 5.11 Å². The predicted octanol–water partition coefficient (Wildman–Crippen LogP) is 6.35. The van der Waals surface area contributed by atoms with E-state index in [0.717, 1.165) is 32.8 Å². The lowest BCUT2D eigenvalue weighted by molar-refractivity contribution is -0.384. The topological polar surface area (TPSA) is 85.5 Å². The molecule has 1 aliphatic heterocycles. The Hall–Kier alpha value is -3.76. The van der Waals surface area contributed by atoms with Gasteiger partial charge in [0.05, 0.1) is 35.9 Å². The van der Waals surface area contributed by atoms with Crippen LogP contribution in [0, 0.1) is 24.0 Å². The van der Waals surface area contributed by atoms with Gasteiger partial charge in [0.2, 0.25) is 0 Å². The van der Waals surface area contributed by atoms with Crippen molar-refractivity contribution in [3.05, 3.63) is 110 Å². The van der Waals surface area contributed by atoms with Crippen molar-refractivity contribution in [2.45, 2.75) is 25.9 Å². The van der Waals surface area contributed by atoms with Crippen LogP contribution in [0.2, 0.25) is 0 Å². The summed E-state index contributed by atoms with van der Waals surface area (Å²) in [6.07, 6.45) is 1.77. The Kier molecular flexibility index (Phi) is 6.70. The minimum Gasteiger partial charge on any atom is -0.496 e. The molecule has 8 nitrogen and oxygen atoms in total. The largest absolute Gasteiger partial charge is 0.496 e. The first kappa shape index (κ1) is 24.9. The van der Waals surface area contributed by atoms with E-state index in [1.54, 1.807) is 18.3 Å². The molecule has 1 saturated heterocycles. The number of hydrogen-bond acceptors (Lipinski definition) is 5. The van der Waals surface area contributed by atoms with Gasteiger partial charge < -0.3 is 19.5 Å². The third kappa shape index (κ3) is 4.47. The van der Waals surface area contributed by atoms with E-state index in [-0.39, 0.29) is 22.7 Å². The lowest BCUT2D eigenvalue weighted by Crippen LogP contribution is -2.29. The van der Waals surface area contributed by atoms with Crippen LogP contribution in [0.25, 0.3) is 5.69 Å². The highest BCUT2D eigenvalue weighted by Crippen LogP contribution is 2.44. The first-order valence-corrected chi connectivity index (χ1v) is 12.8. The van der Waals surface area contributed by atoms with Crippen molar-refractivity contribution in [1.29, 1.82) is 0 Å². The SMILES string of the molecule is COc1ccc(-n2c(C)cc([C@@H]3[C@H](c4ccccn4)NC(=S)N3c3ccc(Br)cc3)c2C)c([N+](=O)[O-])c1. The van der Waals surface area contributed by atoms with Crippen LogP contribution in [-0.4, -0.2) is 26.7 Å². The molecule has 0 aliphatic carbocycles. The maximum Gasteiger partial charge on any atom is 0.296 e. The number of nitro groups is 1. The lowest BCUT2D eigenvalue weighted by atomic mass is 9.96. The molecule has 1 fully saturated rings. The minimum atomic E-state index is -0.381. The molecule has 5 rings (SSSR count). The van der Waals surface area contributed by atoms with Gasteiger partial charge in [0.25, 0.3) is 5.69 Å². The second-order valence-corrected chi connectivity index (χ2v) is 10.0. The Bertz CT molecular complexity index is 1490. The third-order valence-electron chi connectivity index (χ3n) is 6.61. The van der Waals surface area contributed by atoms with E-state index in [1.165, 1.54) is 13.2 Å². The Morgan fingerprint density at radius 2 is 1.86 bits per heavy atom. The Morgan fingerprint density at radius 3 is 2.51 bits per heavy atom. The molecule has 4 aromatic rings. The highest BCUT2D eigenvalue weighted by atomic mass is 79.9. The van der Waals surface area contributed by atoms with Gasteiger partial charge in [-0.15, -0.1) is 0 Å². The zero-order chi connectivity index (χ0) is 26.3. The van der Waals surface area contributed by atoms with Gasteiger partial charge in [0.1, 0.15) is 11.4 Å². The van der Waals surface area contributed by atoms with E-state index in [2.05, 4.69) is 37.2 Å². The lowest BCUT2D eigenvalue weighted by Gasteiger charge is -2.28. The number of anilines is 1. The van der Waals surface area contributed by atoms with Gasteiger partial charge in [-0.3, -0.25) is 15.1 Å². The highest BCUT2D eigenvalue weighted by molar-refractivity contribution is 9.10. The van der Waals surface area contributed by atoms with Gasteiger partial charge in [-0.25, -0.2) is 0 Å². The summed E-state index contributed by atoms with van der Waals surface area (Å²) in [5.41, 5.74) is 4.98. The van der Waals surface area contributed by atoms with Crippen molar-refractivity contribution < 1.29 is 9.66 Å².